The van der Waals surface area contributed by atoms with E-state index in [1.54, 1.807) is 30.3 Å². The number of thiocarbonyl (C=S) groups is 1. The molecular formula is C22H21IN2O5S. The van der Waals surface area contributed by atoms with E-state index in [0.29, 0.717) is 41.7 Å². The third kappa shape index (κ3) is 4.99. The number of carbonyl (C=O) groups excluding carboxylic acids is 2. The lowest BCUT2D eigenvalue weighted by atomic mass is 10.1. The molecular weight excluding hydrogens is 531 g/mol. The largest absolute Gasteiger partial charge is 0.494 e. The predicted molar refractivity (Wildman–Crippen MR) is 131 cm³/mol. The van der Waals surface area contributed by atoms with Crippen LogP contribution in [-0.2, 0) is 9.59 Å². The van der Waals surface area contributed by atoms with Crippen molar-refractivity contribution in [2.45, 2.75) is 13.8 Å². The van der Waals surface area contributed by atoms with Gasteiger partial charge in [0.2, 0.25) is 0 Å². The number of halogens is 1. The molecule has 3 rings (SSSR count). The maximum atomic E-state index is 13.2. The Morgan fingerprint density at radius 2 is 1.87 bits per heavy atom. The van der Waals surface area contributed by atoms with E-state index in [1.807, 2.05) is 19.9 Å². The molecule has 7 nitrogen and oxygen atoms in total. The summed E-state index contributed by atoms with van der Waals surface area (Å²) in [4.78, 5) is 27.1. The molecule has 0 spiro atoms. The monoisotopic (exact) mass is 552 g/mol. The number of nitrogens with zero attached hydrogens (tertiary/aromatic N) is 1. The van der Waals surface area contributed by atoms with Crippen LogP contribution in [0.2, 0.25) is 0 Å². The van der Waals surface area contributed by atoms with Gasteiger partial charge in [-0.2, -0.15) is 0 Å². The van der Waals surface area contributed by atoms with Gasteiger partial charge in [-0.3, -0.25) is 19.8 Å². The molecule has 2 aromatic rings. The van der Waals surface area contributed by atoms with Crippen LogP contribution in [0.25, 0.3) is 6.08 Å². The Hall–Kier alpha value is -2.66. The molecule has 0 atom stereocenters. The first-order valence-corrected chi connectivity index (χ1v) is 11.0. The van der Waals surface area contributed by atoms with Crippen molar-refractivity contribution in [1.29, 1.82) is 0 Å². The average Bonchev–Trinajstić information content (AvgIpc) is 2.73. The molecule has 162 valence electrons. The van der Waals surface area contributed by atoms with Gasteiger partial charge in [0.25, 0.3) is 11.8 Å². The van der Waals surface area contributed by atoms with Gasteiger partial charge in [0.05, 0.1) is 29.6 Å². The summed E-state index contributed by atoms with van der Waals surface area (Å²) in [6.45, 7) is 4.73. The summed E-state index contributed by atoms with van der Waals surface area (Å²) in [5.41, 5.74) is 1.09. The summed E-state index contributed by atoms with van der Waals surface area (Å²) in [5.74, 6) is 0.646. The molecule has 31 heavy (non-hydrogen) atoms. The van der Waals surface area contributed by atoms with E-state index in [4.69, 9.17) is 26.4 Å². The first kappa shape index (κ1) is 23.0. The van der Waals surface area contributed by atoms with Crippen molar-refractivity contribution in [3.05, 3.63) is 51.1 Å². The van der Waals surface area contributed by atoms with Gasteiger partial charge in [-0.25, -0.2) is 0 Å². The number of benzene rings is 2. The van der Waals surface area contributed by atoms with Gasteiger partial charge in [0.15, 0.2) is 16.6 Å². The van der Waals surface area contributed by atoms with Crippen molar-refractivity contribution in [3.63, 3.8) is 0 Å². The number of nitrogens with one attached hydrogen (secondary N) is 1. The highest BCUT2D eigenvalue weighted by Gasteiger charge is 2.34. The van der Waals surface area contributed by atoms with Gasteiger partial charge in [0.1, 0.15) is 11.3 Å². The molecule has 0 unspecified atom stereocenters. The number of anilines is 1. The summed E-state index contributed by atoms with van der Waals surface area (Å²) in [6.07, 6.45) is 1.51. The second-order valence-electron chi connectivity index (χ2n) is 6.36. The van der Waals surface area contributed by atoms with Crippen LogP contribution in [0.15, 0.2) is 42.0 Å². The maximum Gasteiger partial charge on any atom is 0.270 e. The Morgan fingerprint density at radius 1 is 1.13 bits per heavy atom. The highest BCUT2D eigenvalue weighted by atomic mass is 127. The first-order valence-electron chi connectivity index (χ1n) is 9.54. The highest BCUT2D eigenvalue weighted by Crippen LogP contribution is 2.35. The van der Waals surface area contributed by atoms with E-state index < -0.39 is 11.8 Å². The SMILES string of the molecule is CCOc1cccc(N2C(=O)/C(=C/c3cc(I)c(OCC)c(OC)c3)C(=O)NC2=S)c1. The maximum absolute atomic E-state index is 13.2. The van der Waals surface area contributed by atoms with E-state index in [-0.39, 0.29) is 10.7 Å². The van der Waals surface area contributed by atoms with Crippen LogP contribution in [-0.4, -0.2) is 37.3 Å². The minimum absolute atomic E-state index is 0.0136. The molecule has 0 saturated carbocycles. The van der Waals surface area contributed by atoms with Crippen LogP contribution >= 0.6 is 34.8 Å². The smallest absolute Gasteiger partial charge is 0.270 e. The summed E-state index contributed by atoms with van der Waals surface area (Å²) < 4.78 is 17.4. The van der Waals surface area contributed by atoms with Gasteiger partial charge in [-0.05, 0) is 84.6 Å². The van der Waals surface area contributed by atoms with Crippen LogP contribution in [0, 0.1) is 3.57 Å². The zero-order chi connectivity index (χ0) is 22.5. The third-order valence-corrected chi connectivity index (χ3v) is 5.43. The standard InChI is InChI=1S/C22H21IN2O5S/c1-4-29-15-8-6-7-14(12-15)25-21(27)16(20(26)24-22(25)31)9-13-10-17(23)19(30-5-2)18(11-13)28-3/h6-12H,4-5H2,1-3H3,(H,24,26,31)/b16-9+. The molecule has 2 amide bonds. The third-order valence-electron chi connectivity index (χ3n) is 4.34. The summed E-state index contributed by atoms with van der Waals surface area (Å²) in [7, 11) is 1.54. The molecule has 0 aromatic heterocycles. The van der Waals surface area contributed by atoms with Crippen molar-refractivity contribution in [3.8, 4) is 17.2 Å². The lowest BCUT2D eigenvalue weighted by Crippen LogP contribution is -2.54. The van der Waals surface area contributed by atoms with Crippen molar-refractivity contribution >= 4 is 63.5 Å². The van der Waals surface area contributed by atoms with Crippen molar-refractivity contribution < 1.29 is 23.8 Å². The predicted octanol–water partition coefficient (Wildman–Crippen LogP) is 3.93. The second kappa shape index (κ2) is 10.1. The number of rotatable bonds is 7. The normalized spacial score (nSPS) is 15.2. The lowest BCUT2D eigenvalue weighted by Gasteiger charge is -2.29. The Kier molecular flexibility index (Phi) is 7.50. The van der Waals surface area contributed by atoms with E-state index in [2.05, 4.69) is 27.9 Å². The zero-order valence-corrected chi connectivity index (χ0v) is 20.2. The van der Waals surface area contributed by atoms with Crippen molar-refractivity contribution in [2.75, 3.05) is 25.2 Å². The van der Waals surface area contributed by atoms with Crippen LogP contribution < -0.4 is 24.4 Å². The number of hydrogen-bond donors (Lipinski definition) is 1. The molecule has 2 aromatic carbocycles. The molecule has 1 N–H and O–H groups in total. The highest BCUT2D eigenvalue weighted by molar-refractivity contribution is 14.1. The lowest BCUT2D eigenvalue weighted by molar-refractivity contribution is -0.122. The van der Waals surface area contributed by atoms with Crippen LogP contribution in [0.3, 0.4) is 0 Å². The van der Waals surface area contributed by atoms with E-state index in [9.17, 15) is 9.59 Å². The van der Waals surface area contributed by atoms with Gasteiger partial charge in [-0.1, -0.05) is 6.07 Å². The summed E-state index contributed by atoms with van der Waals surface area (Å²) in [5, 5.41) is 2.60. The fourth-order valence-corrected chi connectivity index (χ4v) is 4.11. The fourth-order valence-electron chi connectivity index (χ4n) is 3.05. The van der Waals surface area contributed by atoms with Gasteiger partial charge in [-0.15, -0.1) is 0 Å². The Balaban J connectivity index is 2.01. The molecule has 1 aliphatic heterocycles. The zero-order valence-electron chi connectivity index (χ0n) is 17.2. The van der Waals surface area contributed by atoms with Crippen molar-refractivity contribution in [1.82, 2.24) is 5.32 Å². The minimum atomic E-state index is -0.560. The van der Waals surface area contributed by atoms with E-state index in [1.165, 1.54) is 18.1 Å². The second-order valence-corrected chi connectivity index (χ2v) is 7.90. The van der Waals surface area contributed by atoms with Crippen LogP contribution in [0.5, 0.6) is 17.2 Å². The minimum Gasteiger partial charge on any atom is -0.494 e. The number of hydrogen-bond acceptors (Lipinski definition) is 6. The molecule has 0 aliphatic carbocycles. The quantitative estimate of drug-likeness (QED) is 0.243. The molecule has 1 aliphatic rings. The van der Waals surface area contributed by atoms with Crippen LogP contribution in [0.1, 0.15) is 19.4 Å². The molecule has 9 heteroatoms. The molecule has 0 radical (unpaired) electrons. The van der Waals surface area contributed by atoms with E-state index >= 15 is 0 Å². The Labute approximate surface area is 199 Å². The molecule has 1 saturated heterocycles. The summed E-state index contributed by atoms with van der Waals surface area (Å²) >= 11 is 7.39. The number of amides is 2. The van der Waals surface area contributed by atoms with Gasteiger partial charge in [0, 0.05) is 6.07 Å². The number of methoxy groups -OCH3 is 1. The number of carbonyl (C=O) groups is 2. The molecule has 1 fully saturated rings. The average molecular weight is 552 g/mol. The van der Waals surface area contributed by atoms with Gasteiger partial charge >= 0.3 is 0 Å². The number of ether oxygens (including phenoxy) is 3. The fraction of sp³-hybridized carbons (Fsp3) is 0.227. The van der Waals surface area contributed by atoms with Gasteiger partial charge < -0.3 is 14.2 Å². The summed E-state index contributed by atoms with van der Waals surface area (Å²) in [6, 6.07) is 10.5. The topological polar surface area (TPSA) is 77.1 Å². The molecule has 0 bridgehead atoms. The van der Waals surface area contributed by atoms with Crippen molar-refractivity contribution in [2.24, 2.45) is 0 Å². The van der Waals surface area contributed by atoms with E-state index in [0.717, 1.165) is 3.57 Å². The van der Waals surface area contributed by atoms with Crippen LogP contribution in [0.4, 0.5) is 5.69 Å². The Morgan fingerprint density at radius 3 is 2.55 bits per heavy atom. The molecule has 1 heterocycles. The first-order chi connectivity index (χ1) is 14.9. The Bertz CT molecular complexity index is 1070.